The highest BCUT2D eigenvalue weighted by Crippen LogP contribution is 2.41. The zero-order chi connectivity index (χ0) is 17.1. The summed E-state index contributed by atoms with van der Waals surface area (Å²) in [5.74, 6) is 2.22. The lowest BCUT2D eigenvalue weighted by Crippen LogP contribution is -2.49. The first-order valence-electron chi connectivity index (χ1n) is 9.32. The second-order valence-electron chi connectivity index (χ2n) is 7.69. The molecule has 2 aliphatic carbocycles. The zero-order valence-corrected chi connectivity index (χ0v) is 14.8. The lowest BCUT2D eigenvalue weighted by molar-refractivity contribution is -0.128. The number of para-hydroxylation sites is 1. The van der Waals surface area contributed by atoms with E-state index >= 15 is 0 Å². The van der Waals surface area contributed by atoms with Crippen LogP contribution < -0.4 is 15.8 Å². The minimum absolute atomic E-state index is 0.123. The number of hydrogen-bond acceptors (Lipinski definition) is 3. The van der Waals surface area contributed by atoms with E-state index in [2.05, 4.69) is 5.32 Å². The van der Waals surface area contributed by atoms with Gasteiger partial charge >= 0.3 is 0 Å². The maximum absolute atomic E-state index is 12.6. The van der Waals surface area contributed by atoms with Crippen molar-refractivity contribution >= 4 is 5.91 Å². The number of benzene rings is 1. The Morgan fingerprint density at radius 2 is 1.92 bits per heavy atom. The van der Waals surface area contributed by atoms with Crippen LogP contribution in [-0.4, -0.2) is 18.1 Å². The highest BCUT2D eigenvalue weighted by atomic mass is 16.5. The minimum atomic E-state index is 0.123. The predicted octanol–water partition coefficient (Wildman–Crippen LogP) is 3.24. The quantitative estimate of drug-likeness (QED) is 0.871. The molecule has 0 saturated heterocycles. The molecule has 1 aromatic rings. The maximum atomic E-state index is 12.6. The van der Waals surface area contributed by atoms with Crippen LogP contribution in [0.4, 0.5) is 0 Å². The van der Waals surface area contributed by atoms with Crippen LogP contribution in [0.3, 0.4) is 0 Å². The van der Waals surface area contributed by atoms with Crippen molar-refractivity contribution in [3.05, 3.63) is 29.8 Å². The van der Waals surface area contributed by atoms with Crippen molar-refractivity contribution in [2.24, 2.45) is 23.5 Å². The first-order valence-corrected chi connectivity index (χ1v) is 9.32. The van der Waals surface area contributed by atoms with Crippen molar-refractivity contribution in [2.45, 2.75) is 64.6 Å². The SMILES string of the molecule is CC(C)Oc1ccccc1CNC(=O)C1CC2CCCC(C1)C2N. The molecule has 3 rings (SSSR count). The molecule has 132 valence electrons. The number of amides is 1. The molecule has 0 aliphatic heterocycles. The number of nitrogens with one attached hydrogen (secondary N) is 1. The lowest BCUT2D eigenvalue weighted by Gasteiger charge is -2.43. The highest BCUT2D eigenvalue weighted by Gasteiger charge is 2.40. The molecular weight excluding hydrogens is 300 g/mol. The molecule has 4 nitrogen and oxygen atoms in total. The number of rotatable bonds is 5. The monoisotopic (exact) mass is 330 g/mol. The fourth-order valence-electron chi connectivity index (χ4n) is 4.35. The van der Waals surface area contributed by atoms with Crippen molar-refractivity contribution in [2.75, 3.05) is 0 Å². The molecular formula is C20H30N2O2. The third-order valence-electron chi connectivity index (χ3n) is 5.57. The van der Waals surface area contributed by atoms with Gasteiger partial charge in [-0.15, -0.1) is 0 Å². The van der Waals surface area contributed by atoms with Crippen LogP contribution in [-0.2, 0) is 11.3 Å². The Morgan fingerprint density at radius 3 is 2.58 bits per heavy atom. The van der Waals surface area contributed by atoms with Gasteiger partial charge in [0.2, 0.25) is 5.91 Å². The van der Waals surface area contributed by atoms with Gasteiger partial charge in [0.05, 0.1) is 6.10 Å². The molecule has 1 amide bonds. The Balaban J connectivity index is 1.58. The Hall–Kier alpha value is -1.55. The third kappa shape index (κ3) is 3.92. The number of hydrogen-bond donors (Lipinski definition) is 2. The van der Waals surface area contributed by atoms with Crippen LogP contribution in [0.25, 0.3) is 0 Å². The summed E-state index contributed by atoms with van der Waals surface area (Å²) in [5.41, 5.74) is 7.36. The van der Waals surface area contributed by atoms with E-state index in [-0.39, 0.29) is 17.9 Å². The van der Waals surface area contributed by atoms with Gasteiger partial charge in [-0.3, -0.25) is 4.79 Å². The molecule has 0 heterocycles. The van der Waals surface area contributed by atoms with Crippen molar-refractivity contribution in [1.29, 1.82) is 0 Å². The zero-order valence-electron chi connectivity index (χ0n) is 14.8. The number of ether oxygens (including phenoxy) is 1. The molecule has 0 spiro atoms. The predicted molar refractivity (Wildman–Crippen MR) is 95.6 cm³/mol. The van der Waals surface area contributed by atoms with E-state index in [9.17, 15) is 4.79 Å². The Bertz CT molecular complexity index is 559. The topological polar surface area (TPSA) is 64.3 Å². The molecule has 2 bridgehead atoms. The van der Waals surface area contributed by atoms with Crippen molar-refractivity contribution in [3.8, 4) is 5.75 Å². The summed E-state index contributed by atoms with van der Waals surface area (Å²) in [6.45, 7) is 4.55. The molecule has 2 unspecified atom stereocenters. The van der Waals surface area contributed by atoms with Crippen LogP contribution in [0.15, 0.2) is 24.3 Å². The van der Waals surface area contributed by atoms with E-state index in [4.69, 9.17) is 10.5 Å². The number of fused-ring (bicyclic) bond motifs is 2. The van der Waals surface area contributed by atoms with Crippen LogP contribution >= 0.6 is 0 Å². The molecule has 2 fully saturated rings. The van der Waals surface area contributed by atoms with Crippen molar-refractivity contribution in [3.63, 3.8) is 0 Å². The summed E-state index contributed by atoms with van der Waals surface area (Å²) < 4.78 is 5.83. The van der Waals surface area contributed by atoms with Gasteiger partial charge in [0.15, 0.2) is 0 Å². The van der Waals surface area contributed by atoms with Crippen LogP contribution in [0.2, 0.25) is 0 Å². The van der Waals surface area contributed by atoms with E-state index in [1.165, 1.54) is 19.3 Å². The van der Waals surface area contributed by atoms with E-state index in [0.717, 1.165) is 24.2 Å². The normalized spacial score (nSPS) is 29.3. The molecule has 4 heteroatoms. The van der Waals surface area contributed by atoms with Crippen LogP contribution in [0, 0.1) is 17.8 Å². The molecule has 3 N–H and O–H groups in total. The van der Waals surface area contributed by atoms with E-state index in [0.29, 0.717) is 24.4 Å². The second kappa shape index (κ2) is 7.56. The molecule has 0 radical (unpaired) electrons. The largest absolute Gasteiger partial charge is 0.491 e. The van der Waals surface area contributed by atoms with Gasteiger partial charge in [-0.25, -0.2) is 0 Å². The molecule has 24 heavy (non-hydrogen) atoms. The van der Waals surface area contributed by atoms with Gasteiger partial charge in [-0.2, -0.15) is 0 Å². The maximum Gasteiger partial charge on any atom is 0.223 e. The van der Waals surface area contributed by atoms with Gasteiger partial charge in [0.1, 0.15) is 5.75 Å². The van der Waals surface area contributed by atoms with Gasteiger partial charge in [-0.1, -0.05) is 24.6 Å². The highest BCUT2D eigenvalue weighted by molar-refractivity contribution is 5.78. The molecule has 2 saturated carbocycles. The van der Waals surface area contributed by atoms with Crippen LogP contribution in [0.1, 0.15) is 51.5 Å². The number of nitrogens with two attached hydrogens (primary N) is 1. The lowest BCUT2D eigenvalue weighted by atomic mass is 9.65. The Labute approximate surface area is 145 Å². The van der Waals surface area contributed by atoms with Gasteiger partial charge < -0.3 is 15.8 Å². The molecule has 0 aromatic heterocycles. The molecule has 2 atom stereocenters. The molecule has 2 aliphatic rings. The van der Waals surface area contributed by atoms with E-state index in [1.54, 1.807) is 0 Å². The Morgan fingerprint density at radius 1 is 1.25 bits per heavy atom. The fourth-order valence-corrected chi connectivity index (χ4v) is 4.35. The van der Waals surface area contributed by atoms with Gasteiger partial charge in [0, 0.05) is 24.1 Å². The van der Waals surface area contributed by atoms with Crippen LogP contribution in [0.5, 0.6) is 5.75 Å². The van der Waals surface area contributed by atoms with Crippen molar-refractivity contribution < 1.29 is 9.53 Å². The van der Waals surface area contributed by atoms with Gasteiger partial charge in [0.25, 0.3) is 0 Å². The summed E-state index contributed by atoms with van der Waals surface area (Å²) >= 11 is 0. The van der Waals surface area contributed by atoms with E-state index < -0.39 is 0 Å². The summed E-state index contributed by atoms with van der Waals surface area (Å²) in [7, 11) is 0. The average molecular weight is 330 g/mol. The average Bonchev–Trinajstić information content (AvgIpc) is 2.53. The molecule has 1 aromatic carbocycles. The van der Waals surface area contributed by atoms with E-state index in [1.807, 2.05) is 38.1 Å². The number of carbonyl (C=O) groups is 1. The smallest absolute Gasteiger partial charge is 0.223 e. The first kappa shape index (κ1) is 17.3. The summed E-state index contributed by atoms with van der Waals surface area (Å²) in [6, 6.07) is 8.24. The fraction of sp³-hybridized carbons (Fsp3) is 0.650. The summed E-state index contributed by atoms with van der Waals surface area (Å²) in [4.78, 5) is 12.6. The van der Waals surface area contributed by atoms with Gasteiger partial charge in [-0.05, 0) is 57.4 Å². The minimum Gasteiger partial charge on any atom is -0.491 e. The summed E-state index contributed by atoms with van der Waals surface area (Å²) in [5, 5.41) is 3.13. The summed E-state index contributed by atoms with van der Waals surface area (Å²) in [6.07, 6.45) is 5.68. The standard InChI is InChI=1S/C20H30N2O2/c1-13(2)24-18-9-4-3-6-16(18)12-22-20(23)17-10-14-7-5-8-15(11-17)19(14)21/h3-4,6,9,13-15,17,19H,5,7-8,10-12,21H2,1-2H3,(H,22,23). The third-order valence-corrected chi connectivity index (χ3v) is 5.57. The second-order valence-corrected chi connectivity index (χ2v) is 7.69. The number of carbonyl (C=O) groups excluding carboxylic acids is 1. The first-order chi connectivity index (χ1) is 11.5. The Kier molecular flexibility index (Phi) is 5.44. The van der Waals surface area contributed by atoms with Crippen molar-refractivity contribution in [1.82, 2.24) is 5.32 Å².